The summed E-state index contributed by atoms with van der Waals surface area (Å²) in [7, 11) is 1.87. The van der Waals surface area contributed by atoms with Gasteiger partial charge in [-0.05, 0) is 24.1 Å². The highest BCUT2D eigenvalue weighted by Crippen LogP contribution is 2.20. The highest BCUT2D eigenvalue weighted by atomic mass is 16.1. The molecule has 5 rings (SSSR count). The molecule has 5 heterocycles. The molecule has 0 bridgehead atoms. The first-order chi connectivity index (χ1) is 15.1. The lowest BCUT2D eigenvalue weighted by Gasteiger charge is -2.35. The number of rotatable bonds is 5. The molecular weight excluding hydrogens is 392 g/mol. The van der Waals surface area contributed by atoms with Gasteiger partial charge in [0.1, 0.15) is 0 Å². The molecule has 1 fully saturated rings. The molecule has 160 valence electrons. The molecule has 1 aliphatic rings. The second-order valence-corrected chi connectivity index (χ2v) is 7.91. The Kier molecular flexibility index (Phi) is 5.03. The summed E-state index contributed by atoms with van der Waals surface area (Å²) >= 11 is 0. The molecular formula is C22H26N8O. The van der Waals surface area contributed by atoms with Gasteiger partial charge in [-0.2, -0.15) is 5.10 Å². The zero-order chi connectivity index (χ0) is 21.4. The second kappa shape index (κ2) is 7.99. The van der Waals surface area contributed by atoms with Crippen LogP contribution >= 0.6 is 0 Å². The van der Waals surface area contributed by atoms with E-state index in [0.717, 1.165) is 71.9 Å². The van der Waals surface area contributed by atoms with Crippen LogP contribution in [-0.2, 0) is 13.0 Å². The van der Waals surface area contributed by atoms with Crippen molar-refractivity contribution < 1.29 is 0 Å². The van der Waals surface area contributed by atoms with Crippen molar-refractivity contribution in [2.75, 3.05) is 43.4 Å². The van der Waals surface area contributed by atoms with E-state index in [1.165, 1.54) is 0 Å². The van der Waals surface area contributed by atoms with Crippen molar-refractivity contribution in [2.24, 2.45) is 0 Å². The summed E-state index contributed by atoms with van der Waals surface area (Å²) < 4.78 is 1.82. The fourth-order valence-corrected chi connectivity index (χ4v) is 4.14. The van der Waals surface area contributed by atoms with Gasteiger partial charge < -0.3 is 15.2 Å². The van der Waals surface area contributed by atoms with E-state index in [0.29, 0.717) is 6.42 Å². The third kappa shape index (κ3) is 3.72. The van der Waals surface area contributed by atoms with Gasteiger partial charge in [-0.15, -0.1) is 0 Å². The van der Waals surface area contributed by atoms with Crippen LogP contribution in [0.3, 0.4) is 0 Å². The largest absolute Gasteiger partial charge is 0.384 e. The van der Waals surface area contributed by atoms with Crippen LogP contribution in [0.2, 0.25) is 0 Å². The van der Waals surface area contributed by atoms with E-state index < -0.39 is 0 Å². The number of aromatic amines is 1. The lowest BCUT2D eigenvalue weighted by Crippen LogP contribution is -2.46. The van der Waals surface area contributed by atoms with Crippen LogP contribution in [-0.4, -0.2) is 62.7 Å². The molecule has 0 aliphatic carbocycles. The van der Waals surface area contributed by atoms with Gasteiger partial charge in [0, 0.05) is 51.5 Å². The number of nitrogens with one attached hydrogen (secondary N) is 2. The third-order valence-corrected chi connectivity index (χ3v) is 5.96. The van der Waals surface area contributed by atoms with Gasteiger partial charge in [-0.3, -0.25) is 14.7 Å². The number of anilines is 2. The molecule has 0 radical (unpaired) electrons. The van der Waals surface area contributed by atoms with Crippen LogP contribution in [0.15, 0.2) is 41.7 Å². The fourth-order valence-electron chi connectivity index (χ4n) is 4.14. The van der Waals surface area contributed by atoms with Crippen molar-refractivity contribution in [1.82, 2.24) is 29.5 Å². The van der Waals surface area contributed by atoms with Crippen LogP contribution in [0.1, 0.15) is 18.1 Å². The van der Waals surface area contributed by atoms with Crippen LogP contribution in [0.5, 0.6) is 0 Å². The maximum Gasteiger partial charge on any atom is 0.251 e. The average molecular weight is 419 g/mol. The SMILES string of the molecule is CCc1cc2ncc(CN3CCN(c4cnc5c(NC)cnn5c4)CC3)cc2[nH]c1=O. The molecule has 0 spiro atoms. The molecule has 0 aromatic carbocycles. The normalized spacial score (nSPS) is 15.1. The van der Waals surface area contributed by atoms with Crippen LogP contribution in [0.25, 0.3) is 16.7 Å². The second-order valence-electron chi connectivity index (χ2n) is 7.91. The Morgan fingerprint density at radius 3 is 2.71 bits per heavy atom. The molecule has 2 N–H and O–H groups in total. The average Bonchev–Trinajstić information content (AvgIpc) is 3.21. The molecule has 4 aromatic heterocycles. The lowest BCUT2D eigenvalue weighted by molar-refractivity contribution is 0.249. The smallest absolute Gasteiger partial charge is 0.251 e. The van der Waals surface area contributed by atoms with E-state index in [9.17, 15) is 4.79 Å². The predicted molar refractivity (Wildman–Crippen MR) is 122 cm³/mol. The minimum atomic E-state index is -0.0211. The Morgan fingerprint density at radius 2 is 1.94 bits per heavy atom. The molecule has 9 heteroatoms. The van der Waals surface area contributed by atoms with Gasteiger partial charge in [0.15, 0.2) is 5.65 Å². The highest BCUT2D eigenvalue weighted by Gasteiger charge is 2.19. The first-order valence-electron chi connectivity index (χ1n) is 10.6. The molecule has 1 saturated heterocycles. The first-order valence-corrected chi connectivity index (χ1v) is 10.6. The Morgan fingerprint density at radius 1 is 1.10 bits per heavy atom. The highest BCUT2D eigenvalue weighted by molar-refractivity contribution is 5.74. The summed E-state index contributed by atoms with van der Waals surface area (Å²) in [5, 5.41) is 7.49. The van der Waals surface area contributed by atoms with Crippen molar-refractivity contribution in [1.29, 1.82) is 0 Å². The van der Waals surface area contributed by atoms with E-state index in [1.54, 1.807) is 6.20 Å². The first kappa shape index (κ1) is 19.5. The van der Waals surface area contributed by atoms with Gasteiger partial charge >= 0.3 is 0 Å². The predicted octanol–water partition coefficient (Wildman–Crippen LogP) is 1.89. The number of fused-ring (bicyclic) bond motifs is 2. The van der Waals surface area contributed by atoms with Gasteiger partial charge in [-0.25, -0.2) is 9.50 Å². The fraction of sp³-hybridized carbons (Fsp3) is 0.364. The summed E-state index contributed by atoms with van der Waals surface area (Å²) in [6, 6.07) is 3.94. The third-order valence-electron chi connectivity index (χ3n) is 5.96. The minimum absolute atomic E-state index is 0.0211. The number of hydrogen-bond acceptors (Lipinski definition) is 7. The molecule has 0 unspecified atom stereocenters. The molecule has 0 atom stereocenters. The maximum atomic E-state index is 12.1. The van der Waals surface area contributed by atoms with Gasteiger partial charge in [-0.1, -0.05) is 6.92 Å². The lowest BCUT2D eigenvalue weighted by atomic mass is 10.1. The summed E-state index contributed by atoms with van der Waals surface area (Å²) in [6.07, 6.45) is 8.37. The van der Waals surface area contributed by atoms with E-state index in [1.807, 2.05) is 49.2 Å². The summed E-state index contributed by atoms with van der Waals surface area (Å²) in [4.78, 5) is 29.0. The topological polar surface area (TPSA) is 94.4 Å². The van der Waals surface area contributed by atoms with E-state index in [-0.39, 0.29) is 5.56 Å². The number of aryl methyl sites for hydroxylation is 1. The quantitative estimate of drug-likeness (QED) is 0.511. The van der Waals surface area contributed by atoms with E-state index in [4.69, 9.17) is 0 Å². The van der Waals surface area contributed by atoms with Gasteiger partial charge in [0.2, 0.25) is 0 Å². The molecule has 4 aromatic rings. The van der Waals surface area contributed by atoms with Crippen LogP contribution < -0.4 is 15.8 Å². The number of nitrogens with zero attached hydrogens (tertiary/aromatic N) is 6. The summed E-state index contributed by atoms with van der Waals surface area (Å²) in [5.41, 5.74) is 6.34. The van der Waals surface area contributed by atoms with Crippen molar-refractivity contribution in [3.8, 4) is 0 Å². The Hall–Kier alpha value is -3.46. The number of aromatic nitrogens is 5. The monoisotopic (exact) mass is 418 g/mol. The van der Waals surface area contributed by atoms with Gasteiger partial charge in [0.05, 0.1) is 41.0 Å². The van der Waals surface area contributed by atoms with Crippen molar-refractivity contribution in [3.05, 3.63) is 58.4 Å². The Bertz CT molecular complexity index is 1290. The molecule has 9 nitrogen and oxygen atoms in total. The molecule has 0 saturated carbocycles. The van der Waals surface area contributed by atoms with Gasteiger partial charge in [0.25, 0.3) is 5.56 Å². The number of pyridine rings is 2. The van der Waals surface area contributed by atoms with Crippen LogP contribution in [0, 0.1) is 0 Å². The molecule has 1 aliphatic heterocycles. The number of hydrogen-bond donors (Lipinski definition) is 2. The number of piperazine rings is 1. The minimum Gasteiger partial charge on any atom is -0.384 e. The van der Waals surface area contributed by atoms with Crippen molar-refractivity contribution >= 4 is 28.1 Å². The van der Waals surface area contributed by atoms with E-state index >= 15 is 0 Å². The maximum absolute atomic E-state index is 12.1. The van der Waals surface area contributed by atoms with Crippen molar-refractivity contribution in [2.45, 2.75) is 19.9 Å². The van der Waals surface area contributed by atoms with Crippen LogP contribution in [0.4, 0.5) is 11.4 Å². The van der Waals surface area contributed by atoms with E-state index in [2.05, 4.69) is 35.2 Å². The summed E-state index contributed by atoms with van der Waals surface area (Å²) in [6.45, 7) is 6.53. The van der Waals surface area contributed by atoms with Crippen molar-refractivity contribution in [3.63, 3.8) is 0 Å². The zero-order valence-electron chi connectivity index (χ0n) is 17.8. The Labute approximate surface area is 179 Å². The number of H-pyrrole nitrogens is 1. The molecule has 31 heavy (non-hydrogen) atoms. The summed E-state index contributed by atoms with van der Waals surface area (Å²) in [5.74, 6) is 0. The zero-order valence-corrected chi connectivity index (χ0v) is 17.8. The molecule has 0 amide bonds. The standard InChI is InChI=1S/C22H26N8O/c1-3-16-9-18-19(27-22(16)31)8-15(10-24-18)13-28-4-6-29(7-5-28)17-11-25-21-20(23-2)12-26-30(21)14-17/h8-12,14,23H,3-7,13H2,1-2H3,(H,27,31). The Balaban J connectivity index is 1.26.